The van der Waals surface area contributed by atoms with Gasteiger partial charge in [-0.2, -0.15) is 0 Å². The van der Waals surface area contributed by atoms with Crippen molar-refractivity contribution in [3.63, 3.8) is 0 Å². The van der Waals surface area contributed by atoms with Crippen molar-refractivity contribution in [2.75, 3.05) is 0 Å². The van der Waals surface area contributed by atoms with Gasteiger partial charge in [-0.05, 0) is 36.8 Å². The fourth-order valence-corrected chi connectivity index (χ4v) is 4.52. The van der Waals surface area contributed by atoms with Crippen LogP contribution in [0.2, 0.25) is 0 Å². The molecule has 2 aliphatic heterocycles. The Morgan fingerprint density at radius 1 is 1.15 bits per heavy atom. The Bertz CT molecular complexity index is 862. The third kappa shape index (κ3) is 3.47. The zero-order chi connectivity index (χ0) is 19.0. The van der Waals surface area contributed by atoms with E-state index < -0.39 is 11.9 Å². The number of hydrogen-bond acceptors (Lipinski definition) is 4. The summed E-state index contributed by atoms with van der Waals surface area (Å²) in [6, 6.07) is 7.93. The number of aromatic amines is 1. The highest BCUT2D eigenvalue weighted by molar-refractivity contribution is 5.85. The van der Waals surface area contributed by atoms with Crippen LogP contribution in [0.3, 0.4) is 0 Å². The molecule has 4 rings (SSSR count). The van der Waals surface area contributed by atoms with Gasteiger partial charge in [0.1, 0.15) is 11.5 Å². The van der Waals surface area contributed by atoms with Crippen LogP contribution in [0.15, 0.2) is 30.5 Å². The van der Waals surface area contributed by atoms with Crippen molar-refractivity contribution in [1.82, 2.24) is 9.97 Å². The van der Waals surface area contributed by atoms with E-state index in [2.05, 4.69) is 9.97 Å². The lowest BCUT2D eigenvalue weighted by Crippen LogP contribution is -2.28. The van der Waals surface area contributed by atoms with Crippen molar-refractivity contribution < 1.29 is 24.5 Å². The number of carbonyl (C=O) groups is 2. The zero-order valence-corrected chi connectivity index (χ0v) is 14.8. The molecular formula is C20H22N2O5. The molecule has 27 heavy (non-hydrogen) atoms. The molecule has 0 aliphatic carbocycles. The molecule has 4 atom stereocenters. The van der Waals surface area contributed by atoms with Gasteiger partial charge in [-0.1, -0.05) is 24.3 Å². The fourth-order valence-electron chi connectivity index (χ4n) is 4.52. The third-order valence-electron chi connectivity index (χ3n) is 5.75. The Balaban J connectivity index is 1.58. The lowest BCUT2D eigenvalue weighted by molar-refractivity contribution is -0.136. The highest BCUT2D eigenvalue weighted by Gasteiger charge is 2.50. The Hall–Kier alpha value is -2.67. The minimum Gasteiger partial charge on any atom is -0.481 e. The van der Waals surface area contributed by atoms with E-state index in [4.69, 9.17) is 14.9 Å². The largest absolute Gasteiger partial charge is 0.481 e. The van der Waals surface area contributed by atoms with Crippen LogP contribution in [-0.2, 0) is 22.4 Å². The average molecular weight is 370 g/mol. The van der Waals surface area contributed by atoms with Gasteiger partial charge in [-0.15, -0.1) is 0 Å². The second-order valence-corrected chi connectivity index (χ2v) is 7.33. The summed E-state index contributed by atoms with van der Waals surface area (Å²) >= 11 is 0. The normalized spacial score (nSPS) is 26.4. The van der Waals surface area contributed by atoms with Crippen molar-refractivity contribution >= 4 is 11.9 Å². The van der Waals surface area contributed by atoms with Gasteiger partial charge < -0.3 is 19.9 Å². The first-order valence-corrected chi connectivity index (χ1v) is 9.25. The molecule has 2 saturated heterocycles. The van der Waals surface area contributed by atoms with Gasteiger partial charge in [-0.25, -0.2) is 9.78 Å². The van der Waals surface area contributed by atoms with E-state index in [1.165, 1.54) is 6.20 Å². The Morgan fingerprint density at radius 3 is 2.59 bits per heavy atom. The quantitative estimate of drug-likeness (QED) is 0.691. The molecule has 0 amide bonds. The zero-order valence-electron chi connectivity index (χ0n) is 14.8. The van der Waals surface area contributed by atoms with Crippen LogP contribution in [0.4, 0.5) is 0 Å². The van der Waals surface area contributed by atoms with E-state index in [1.807, 2.05) is 24.3 Å². The number of aromatic carboxylic acids is 1. The number of nitrogens with one attached hydrogen (secondary N) is 1. The minimum atomic E-state index is -1.02. The van der Waals surface area contributed by atoms with Gasteiger partial charge in [0.15, 0.2) is 0 Å². The monoisotopic (exact) mass is 370 g/mol. The summed E-state index contributed by atoms with van der Waals surface area (Å²) < 4.78 is 6.13. The molecular weight excluding hydrogens is 348 g/mol. The van der Waals surface area contributed by atoms with Crippen LogP contribution in [0.5, 0.6) is 0 Å². The molecule has 0 saturated carbocycles. The molecule has 3 heterocycles. The number of hydrogen-bond donors (Lipinski definition) is 3. The average Bonchev–Trinajstić information content (AvgIpc) is 3.36. The first-order valence-electron chi connectivity index (χ1n) is 9.25. The van der Waals surface area contributed by atoms with Crippen molar-refractivity contribution in [3.05, 3.63) is 53.1 Å². The van der Waals surface area contributed by atoms with Crippen molar-refractivity contribution in [2.45, 2.75) is 50.2 Å². The van der Waals surface area contributed by atoms with Crippen LogP contribution in [-0.4, -0.2) is 44.3 Å². The molecule has 2 aliphatic rings. The SMILES string of the molecule is O=C(O)CCc1ccccc1C[C@@H]1[C@H](c2ncc(C(=O)O)[nH]2)[C@H]2CC[C@@H]1O2. The second kappa shape index (κ2) is 7.15. The summed E-state index contributed by atoms with van der Waals surface area (Å²) in [5, 5.41) is 18.2. The van der Waals surface area contributed by atoms with Crippen LogP contribution in [0.25, 0.3) is 0 Å². The van der Waals surface area contributed by atoms with Crippen LogP contribution in [0, 0.1) is 5.92 Å². The number of ether oxygens (including phenoxy) is 1. The number of aliphatic carboxylic acids is 1. The molecule has 0 spiro atoms. The molecule has 0 unspecified atom stereocenters. The van der Waals surface area contributed by atoms with Gasteiger partial charge in [0.05, 0.1) is 18.4 Å². The summed E-state index contributed by atoms with van der Waals surface area (Å²) in [4.78, 5) is 29.4. The molecule has 0 radical (unpaired) electrons. The van der Waals surface area contributed by atoms with Gasteiger partial charge in [0, 0.05) is 18.3 Å². The van der Waals surface area contributed by atoms with E-state index in [-0.39, 0.29) is 36.2 Å². The van der Waals surface area contributed by atoms with Crippen LogP contribution in [0.1, 0.15) is 52.6 Å². The van der Waals surface area contributed by atoms with Crippen LogP contribution < -0.4 is 0 Å². The fraction of sp³-hybridized carbons (Fsp3) is 0.450. The predicted molar refractivity (Wildman–Crippen MR) is 95.8 cm³/mol. The number of nitrogens with zero attached hydrogens (tertiary/aromatic N) is 1. The topological polar surface area (TPSA) is 113 Å². The molecule has 142 valence electrons. The number of H-pyrrole nitrogens is 1. The van der Waals surface area contributed by atoms with Crippen molar-refractivity contribution in [1.29, 1.82) is 0 Å². The maximum atomic E-state index is 11.2. The molecule has 2 fully saturated rings. The van der Waals surface area contributed by atoms with Crippen molar-refractivity contribution in [3.8, 4) is 0 Å². The van der Waals surface area contributed by atoms with Gasteiger partial charge >= 0.3 is 11.9 Å². The molecule has 7 nitrogen and oxygen atoms in total. The van der Waals surface area contributed by atoms with E-state index in [0.29, 0.717) is 12.2 Å². The van der Waals surface area contributed by atoms with Crippen LogP contribution >= 0.6 is 0 Å². The van der Waals surface area contributed by atoms with Crippen molar-refractivity contribution in [2.24, 2.45) is 5.92 Å². The number of carboxylic acids is 2. The molecule has 3 N–H and O–H groups in total. The lowest BCUT2D eigenvalue weighted by Gasteiger charge is -2.27. The first-order chi connectivity index (χ1) is 13.0. The lowest BCUT2D eigenvalue weighted by atomic mass is 9.75. The van der Waals surface area contributed by atoms with Gasteiger partial charge in [-0.3, -0.25) is 4.79 Å². The predicted octanol–water partition coefficient (Wildman–Crippen LogP) is 2.63. The minimum absolute atomic E-state index is 0.0318. The molecule has 2 bridgehead atoms. The Kier molecular flexibility index (Phi) is 4.70. The highest BCUT2D eigenvalue weighted by atomic mass is 16.5. The smallest absolute Gasteiger partial charge is 0.353 e. The summed E-state index contributed by atoms with van der Waals surface area (Å²) in [5.41, 5.74) is 2.27. The Morgan fingerprint density at radius 2 is 1.89 bits per heavy atom. The maximum absolute atomic E-state index is 11.2. The summed E-state index contributed by atoms with van der Waals surface area (Å²) in [5.74, 6) is -0.921. The number of fused-ring (bicyclic) bond motifs is 2. The maximum Gasteiger partial charge on any atom is 0.353 e. The molecule has 2 aromatic rings. The van der Waals surface area contributed by atoms with E-state index in [0.717, 1.165) is 30.4 Å². The summed E-state index contributed by atoms with van der Waals surface area (Å²) in [7, 11) is 0. The highest BCUT2D eigenvalue weighted by Crippen LogP contribution is 2.49. The third-order valence-corrected chi connectivity index (χ3v) is 5.75. The first kappa shape index (κ1) is 17.7. The number of imidazole rings is 1. The molecule has 7 heteroatoms. The standard InChI is InChI=1S/C20H22N2O5/c23-17(24)8-5-11-3-1-2-4-12(11)9-13-15-6-7-16(27-15)18(13)19-21-10-14(22-19)20(25)26/h1-4,10,13,15-16,18H,5-9H2,(H,21,22)(H,23,24)(H,25,26)/t13-,15-,16+,18-/m0/s1. The van der Waals surface area contributed by atoms with Gasteiger partial charge in [0.2, 0.25) is 0 Å². The number of benzene rings is 1. The number of rotatable bonds is 7. The molecule has 1 aromatic carbocycles. The summed E-state index contributed by atoms with van der Waals surface area (Å²) in [6.07, 6.45) is 4.87. The second-order valence-electron chi connectivity index (χ2n) is 7.33. The number of carboxylic acid groups (broad SMARTS) is 2. The van der Waals surface area contributed by atoms with E-state index >= 15 is 0 Å². The van der Waals surface area contributed by atoms with Gasteiger partial charge in [0.25, 0.3) is 0 Å². The summed E-state index contributed by atoms with van der Waals surface area (Å²) in [6.45, 7) is 0. The number of aromatic nitrogens is 2. The van der Waals surface area contributed by atoms with E-state index in [1.54, 1.807) is 0 Å². The molecule has 1 aromatic heterocycles. The number of aryl methyl sites for hydroxylation is 1. The van der Waals surface area contributed by atoms with E-state index in [9.17, 15) is 9.59 Å². The Labute approximate surface area is 156 Å².